The maximum absolute atomic E-state index is 12.6. The monoisotopic (exact) mass is 445 g/mol. The normalized spacial score (nSPS) is 15.5. The molecule has 12 heteroatoms. The number of nitrogens with zero attached hydrogens (tertiary/aromatic N) is 1. The van der Waals surface area contributed by atoms with Gasteiger partial charge in [-0.05, 0) is 12.8 Å². The molecular weight excluding hydrogens is 423 g/mol. The summed E-state index contributed by atoms with van der Waals surface area (Å²) in [7, 11) is 1.32. The molecule has 1 atom stereocenters. The zero-order valence-electron chi connectivity index (χ0n) is 16.6. The number of imide groups is 1. The molecule has 31 heavy (non-hydrogen) atoms. The Morgan fingerprint density at radius 1 is 1.13 bits per heavy atom. The number of carbonyl (C=O) groups excluding carboxylic acids is 4. The minimum Gasteiger partial charge on any atom is -0.447 e. The number of ether oxygens (including phenoxy) is 2. The van der Waals surface area contributed by atoms with E-state index in [1.807, 2.05) is 0 Å². The molecule has 1 unspecified atom stereocenters. The third-order valence-corrected chi connectivity index (χ3v) is 4.48. The van der Waals surface area contributed by atoms with Crippen LogP contribution in [-0.2, 0) is 19.1 Å². The largest absolute Gasteiger partial charge is 0.447 e. The van der Waals surface area contributed by atoms with Crippen molar-refractivity contribution in [3.05, 3.63) is 35.9 Å². The van der Waals surface area contributed by atoms with E-state index in [9.17, 15) is 32.3 Å². The van der Waals surface area contributed by atoms with Crippen molar-refractivity contribution in [3.63, 3.8) is 0 Å². The first-order chi connectivity index (χ1) is 14.6. The Bertz CT molecular complexity index is 795. The number of alkyl halides is 3. The number of piperidine rings is 1. The maximum atomic E-state index is 12.6. The Balaban J connectivity index is 1.96. The molecule has 0 aromatic heterocycles. The number of hydrogen-bond acceptors (Lipinski definition) is 6. The molecule has 1 aromatic rings. The zero-order valence-corrected chi connectivity index (χ0v) is 16.6. The molecule has 0 bridgehead atoms. The van der Waals surface area contributed by atoms with Crippen LogP contribution in [0.25, 0.3) is 0 Å². The van der Waals surface area contributed by atoms with Gasteiger partial charge in [-0.1, -0.05) is 30.3 Å². The summed E-state index contributed by atoms with van der Waals surface area (Å²) in [5, 5.41) is 4.28. The Morgan fingerprint density at radius 2 is 1.74 bits per heavy atom. The van der Waals surface area contributed by atoms with E-state index in [-0.39, 0.29) is 25.9 Å². The topological polar surface area (TPSA) is 114 Å². The van der Waals surface area contributed by atoms with Gasteiger partial charge in [-0.15, -0.1) is 0 Å². The minimum absolute atomic E-state index is 0.00308. The summed E-state index contributed by atoms with van der Waals surface area (Å²) in [6, 6.07) is 7.31. The van der Waals surface area contributed by atoms with E-state index in [4.69, 9.17) is 4.74 Å². The van der Waals surface area contributed by atoms with Gasteiger partial charge in [0.15, 0.2) is 6.61 Å². The number of nitrogens with one attached hydrogen (secondary N) is 2. The minimum atomic E-state index is -4.63. The molecule has 1 aromatic carbocycles. The Hall–Kier alpha value is -3.31. The molecule has 0 spiro atoms. The Kier molecular flexibility index (Phi) is 8.22. The van der Waals surface area contributed by atoms with E-state index in [1.54, 1.807) is 30.3 Å². The highest BCUT2D eigenvalue weighted by Crippen LogP contribution is 2.25. The summed E-state index contributed by atoms with van der Waals surface area (Å²) in [6.45, 7) is -1.69. The lowest BCUT2D eigenvalue weighted by molar-refractivity contribution is -0.164. The standard InChI is InChI=1S/C19H22F3N3O6/c1-23-17(28)24-15(26)14(12-5-3-2-4-6-12)31-16(27)13-7-9-25(10-8-13)18(29)30-11-19(20,21)22/h2-6,13-14H,7-11H2,1H3,(H2,23,24,26,28). The number of urea groups is 1. The van der Waals surface area contributed by atoms with Gasteiger partial charge in [0.25, 0.3) is 5.91 Å². The van der Waals surface area contributed by atoms with Gasteiger partial charge in [0.05, 0.1) is 5.92 Å². The third kappa shape index (κ3) is 7.46. The van der Waals surface area contributed by atoms with Crippen LogP contribution >= 0.6 is 0 Å². The average Bonchev–Trinajstić information content (AvgIpc) is 2.75. The van der Waals surface area contributed by atoms with Gasteiger partial charge < -0.3 is 19.7 Å². The van der Waals surface area contributed by atoms with Gasteiger partial charge in [-0.3, -0.25) is 14.9 Å². The van der Waals surface area contributed by atoms with Gasteiger partial charge in [0.2, 0.25) is 6.10 Å². The van der Waals surface area contributed by atoms with Crippen molar-refractivity contribution in [1.82, 2.24) is 15.5 Å². The number of likely N-dealkylation sites (tertiary alicyclic amines) is 1. The number of amides is 4. The van der Waals surface area contributed by atoms with Gasteiger partial charge in [0, 0.05) is 25.7 Å². The van der Waals surface area contributed by atoms with Gasteiger partial charge >= 0.3 is 24.3 Å². The molecule has 2 rings (SSSR count). The van der Waals surface area contributed by atoms with Crippen LogP contribution in [0, 0.1) is 5.92 Å². The first-order valence-electron chi connectivity index (χ1n) is 9.37. The highest BCUT2D eigenvalue weighted by molar-refractivity contribution is 5.97. The SMILES string of the molecule is CNC(=O)NC(=O)C(OC(=O)C1CCN(C(=O)OCC(F)(F)F)CC1)c1ccccc1. The molecule has 4 amide bonds. The molecule has 9 nitrogen and oxygen atoms in total. The molecule has 0 aliphatic carbocycles. The second kappa shape index (κ2) is 10.6. The van der Waals surface area contributed by atoms with Crippen molar-refractivity contribution in [1.29, 1.82) is 0 Å². The fourth-order valence-electron chi connectivity index (χ4n) is 2.89. The summed E-state index contributed by atoms with van der Waals surface area (Å²) >= 11 is 0. The van der Waals surface area contributed by atoms with Gasteiger partial charge in [-0.25, -0.2) is 9.59 Å². The highest BCUT2D eigenvalue weighted by atomic mass is 19.4. The number of halogens is 3. The number of rotatable bonds is 5. The number of carbonyl (C=O) groups is 4. The third-order valence-electron chi connectivity index (χ3n) is 4.48. The molecule has 1 aliphatic rings. The van der Waals surface area contributed by atoms with Crippen molar-refractivity contribution in [3.8, 4) is 0 Å². The van der Waals surface area contributed by atoms with E-state index >= 15 is 0 Å². The Morgan fingerprint density at radius 3 is 2.29 bits per heavy atom. The quantitative estimate of drug-likeness (QED) is 0.672. The lowest BCUT2D eigenvalue weighted by Gasteiger charge is -2.31. The van der Waals surface area contributed by atoms with Crippen LogP contribution in [0.3, 0.4) is 0 Å². The fourth-order valence-corrected chi connectivity index (χ4v) is 2.89. The van der Waals surface area contributed by atoms with Crippen LogP contribution in [0.5, 0.6) is 0 Å². The summed E-state index contributed by atoms with van der Waals surface area (Å²) in [4.78, 5) is 49.2. The van der Waals surface area contributed by atoms with Gasteiger partial charge in [0.1, 0.15) is 0 Å². The van der Waals surface area contributed by atoms with Crippen LogP contribution in [0.1, 0.15) is 24.5 Å². The van der Waals surface area contributed by atoms with Crippen LogP contribution < -0.4 is 10.6 Å². The van der Waals surface area contributed by atoms with Crippen molar-refractivity contribution in [2.45, 2.75) is 25.1 Å². The predicted molar refractivity (Wildman–Crippen MR) is 99.6 cm³/mol. The first kappa shape index (κ1) is 24.0. The van der Waals surface area contributed by atoms with Crippen molar-refractivity contribution in [2.75, 3.05) is 26.7 Å². The smallest absolute Gasteiger partial charge is 0.422 e. The molecule has 170 valence electrons. The molecule has 1 fully saturated rings. The second-order valence-electron chi connectivity index (χ2n) is 6.73. The summed E-state index contributed by atoms with van der Waals surface area (Å²) in [5.74, 6) is -2.23. The number of benzene rings is 1. The van der Waals surface area contributed by atoms with Crippen LogP contribution in [0.4, 0.5) is 22.8 Å². The van der Waals surface area contributed by atoms with E-state index in [0.29, 0.717) is 5.56 Å². The molecule has 1 aliphatic heterocycles. The lowest BCUT2D eigenvalue weighted by atomic mass is 9.97. The molecular formula is C19H22F3N3O6. The average molecular weight is 445 g/mol. The van der Waals surface area contributed by atoms with Gasteiger partial charge in [-0.2, -0.15) is 13.2 Å². The highest BCUT2D eigenvalue weighted by Gasteiger charge is 2.35. The van der Waals surface area contributed by atoms with Crippen LogP contribution in [0.2, 0.25) is 0 Å². The second-order valence-corrected chi connectivity index (χ2v) is 6.73. The predicted octanol–water partition coefficient (Wildman–Crippen LogP) is 2.14. The molecule has 0 radical (unpaired) electrons. The zero-order chi connectivity index (χ0) is 23.0. The van der Waals surface area contributed by atoms with E-state index in [1.165, 1.54) is 7.05 Å². The molecule has 2 N–H and O–H groups in total. The van der Waals surface area contributed by atoms with E-state index < -0.39 is 48.8 Å². The van der Waals surface area contributed by atoms with E-state index in [2.05, 4.69) is 15.4 Å². The molecule has 1 heterocycles. The van der Waals surface area contributed by atoms with Crippen molar-refractivity contribution < 1.29 is 41.8 Å². The van der Waals surface area contributed by atoms with Crippen molar-refractivity contribution in [2.24, 2.45) is 5.92 Å². The lowest BCUT2D eigenvalue weighted by Crippen LogP contribution is -2.43. The summed E-state index contributed by atoms with van der Waals surface area (Å²) < 4.78 is 46.0. The first-order valence-corrected chi connectivity index (χ1v) is 9.37. The number of esters is 1. The number of hydrogen-bond donors (Lipinski definition) is 2. The van der Waals surface area contributed by atoms with Crippen LogP contribution in [-0.4, -0.2) is 61.8 Å². The fraction of sp³-hybridized carbons (Fsp3) is 0.474. The van der Waals surface area contributed by atoms with Crippen molar-refractivity contribution >= 4 is 24.0 Å². The molecule has 1 saturated heterocycles. The maximum Gasteiger partial charge on any atom is 0.422 e. The summed E-state index contributed by atoms with van der Waals surface area (Å²) in [6.07, 6.45) is -6.87. The summed E-state index contributed by atoms with van der Waals surface area (Å²) in [5.41, 5.74) is 0.352. The Labute approximate surface area is 175 Å². The molecule has 0 saturated carbocycles. The van der Waals surface area contributed by atoms with Crippen LogP contribution in [0.15, 0.2) is 30.3 Å². The van der Waals surface area contributed by atoms with E-state index in [0.717, 1.165) is 4.90 Å².